The fourth-order valence-electron chi connectivity index (χ4n) is 3.01. The topological polar surface area (TPSA) is 66.8 Å². The maximum Gasteiger partial charge on any atom is 0.410 e. The van der Waals surface area contributed by atoms with Crippen LogP contribution in [-0.2, 0) is 16.1 Å². The monoisotopic (exact) mass is 325 g/mol. The molecule has 2 aromatic rings. The molecule has 1 N–H and O–H groups in total. The van der Waals surface area contributed by atoms with Gasteiger partial charge >= 0.3 is 12.1 Å². The van der Waals surface area contributed by atoms with Gasteiger partial charge in [0.2, 0.25) is 0 Å². The van der Waals surface area contributed by atoms with Crippen LogP contribution in [0.25, 0.3) is 0 Å². The van der Waals surface area contributed by atoms with Crippen molar-refractivity contribution < 1.29 is 19.4 Å². The zero-order valence-corrected chi connectivity index (χ0v) is 13.2. The van der Waals surface area contributed by atoms with Crippen LogP contribution < -0.4 is 0 Å². The molecule has 2 aromatic carbocycles. The van der Waals surface area contributed by atoms with Crippen molar-refractivity contribution in [3.8, 4) is 0 Å². The van der Waals surface area contributed by atoms with E-state index < -0.39 is 18.0 Å². The molecule has 0 radical (unpaired) electrons. The fraction of sp³-hybridized carbons (Fsp3) is 0.263. The van der Waals surface area contributed by atoms with E-state index >= 15 is 0 Å². The Morgan fingerprint density at radius 3 is 2.29 bits per heavy atom. The summed E-state index contributed by atoms with van der Waals surface area (Å²) in [6.07, 6.45) is -0.0729. The molecule has 0 saturated carbocycles. The van der Waals surface area contributed by atoms with Gasteiger partial charge in [-0.25, -0.2) is 4.79 Å². The maximum absolute atomic E-state index is 12.5. The molecular weight excluding hydrogens is 306 g/mol. The van der Waals surface area contributed by atoms with Gasteiger partial charge in [0.25, 0.3) is 0 Å². The normalized spacial score (nSPS) is 19.9. The number of carboxylic acid groups (broad SMARTS) is 1. The SMILES string of the molecule is O=C(O)[C@H]1C[C@H](c2ccccc2)N(C(=O)OCc2ccccc2)C1. The molecule has 24 heavy (non-hydrogen) atoms. The molecule has 1 aliphatic rings. The van der Waals surface area contributed by atoms with Gasteiger partial charge in [0.15, 0.2) is 0 Å². The predicted molar refractivity (Wildman–Crippen MR) is 88.3 cm³/mol. The summed E-state index contributed by atoms with van der Waals surface area (Å²) in [6, 6.07) is 18.6. The lowest BCUT2D eigenvalue weighted by molar-refractivity contribution is -0.141. The Bertz CT molecular complexity index is 702. The summed E-state index contributed by atoms with van der Waals surface area (Å²) in [7, 11) is 0. The minimum absolute atomic E-state index is 0.169. The third-order valence-electron chi connectivity index (χ3n) is 4.27. The Balaban J connectivity index is 1.73. The van der Waals surface area contributed by atoms with Crippen LogP contribution in [0.5, 0.6) is 0 Å². The average Bonchev–Trinajstić information content (AvgIpc) is 3.07. The van der Waals surface area contributed by atoms with Crippen molar-refractivity contribution in [2.24, 2.45) is 5.92 Å². The van der Waals surface area contributed by atoms with Crippen molar-refractivity contribution in [3.05, 3.63) is 71.8 Å². The van der Waals surface area contributed by atoms with Crippen molar-refractivity contribution >= 4 is 12.1 Å². The number of carboxylic acids is 1. The quantitative estimate of drug-likeness (QED) is 0.934. The number of benzene rings is 2. The molecule has 1 aliphatic heterocycles. The lowest BCUT2D eigenvalue weighted by Gasteiger charge is -2.24. The average molecular weight is 325 g/mol. The zero-order chi connectivity index (χ0) is 16.9. The molecule has 2 atom stereocenters. The molecule has 1 fully saturated rings. The van der Waals surface area contributed by atoms with Crippen LogP contribution in [0, 0.1) is 5.92 Å². The molecule has 5 nitrogen and oxygen atoms in total. The smallest absolute Gasteiger partial charge is 0.410 e. The van der Waals surface area contributed by atoms with Gasteiger partial charge in [0, 0.05) is 6.54 Å². The first kappa shape index (κ1) is 16.1. The molecule has 0 spiro atoms. The largest absolute Gasteiger partial charge is 0.481 e. The number of ether oxygens (including phenoxy) is 1. The highest BCUT2D eigenvalue weighted by Gasteiger charge is 2.40. The molecular formula is C19H19NO4. The summed E-state index contributed by atoms with van der Waals surface area (Å²) in [5, 5.41) is 9.31. The highest BCUT2D eigenvalue weighted by atomic mass is 16.6. The number of carbonyl (C=O) groups excluding carboxylic acids is 1. The van der Waals surface area contributed by atoms with E-state index in [4.69, 9.17) is 4.74 Å². The molecule has 1 saturated heterocycles. The van der Waals surface area contributed by atoms with Crippen molar-refractivity contribution in [2.45, 2.75) is 19.1 Å². The molecule has 5 heteroatoms. The van der Waals surface area contributed by atoms with Crippen LogP contribution in [0.15, 0.2) is 60.7 Å². The summed E-state index contributed by atoms with van der Waals surface area (Å²) in [6.45, 7) is 0.345. The van der Waals surface area contributed by atoms with Gasteiger partial charge in [-0.3, -0.25) is 4.79 Å². The van der Waals surface area contributed by atoms with Gasteiger partial charge in [-0.2, -0.15) is 0 Å². The number of rotatable bonds is 4. The summed E-state index contributed by atoms with van der Waals surface area (Å²) >= 11 is 0. The number of amides is 1. The molecule has 0 aliphatic carbocycles. The summed E-state index contributed by atoms with van der Waals surface area (Å²) in [5.41, 5.74) is 1.83. The van der Waals surface area contributed by atoms with E-state index in [9.17, 15) is 14.7 Å². The van der Waals surface area contributed by atoms with Crippen LogP contribution in [0.1, 0.15) is 23.6 Å². The van der Waals surface area contributed by atoms with Gasteiger partial charge in [-0.15, -0.1) is 0 Å². The number of carbonyl (C=O) groups is 2. The van der Waals surface area contributed by atoms with Gasteiger partial charge in [0.05, 0.1) is 12.0 Å². The van der Waals surface area contributed by atoms with E-state index in [2.05, 4.69) is 0 Å². The van der Waals surface area contributed by atoms with Crippen molar-refractivity contribution in [1.82, 2.24) is 4.90 Å². The van der Waals surface area contributed by atoms with Crippen molar-refractivity contribution in [3.63, 3.8) is 0 Å². The predicted octanol–water partition coefficient (Wildman–Crippen LogP) is 3.47. The molecule has 3 rings (SSSR count). The number of aliphatic carboxylic acids is 1. The van der Waals surface area contributed by atoms with E-state index in [1.807, 2.05) is 60.7 Å². The van der Waals surface area contributed by atoms with Crippen LogP contribution in [-0.4, -0.2) is 28.6 Å². The number of hydrogen-bond donors (Lipinski definition) is 1. The van der Waals surface area contributed by atoms with Crippen molar-refractivity contribution in [2.75, 3.05) is 6.54 Å². The Hall–Kier alpha value is -2.82. The first-order valence-corrected chi connectivity index (χ1v) is 7.90. The van der Waals surface area contributed by atoms with Gasteiger partial charge in [-0.05, 0) is 17.5 Å². The second-order valence-electron chi connectivity index (χ2n) is 5.89. The van der Waals surface area contributed by atoms with E-state index in [-0.39, 0.29) is 19.2 Å². The second kappa shape index (κ2) is 7.17. The van der Waals surface area contributed by atoms with E-state index in [1.54, 1.807) is 0 Å². The lowest BCUT2D eigenvalue weighted by atomic mass is 10.00. The van der Waals surface area contributed by atoms with Crippen LogP contribution in [0.4, 0.5) is 4.79 Å². The number of nitrogens with zero attached hydrogens (tertiary/aromatic N) is 1. The van der Waals surface area contributed by atoms with Crippen molar-refractivity contribution in [1.29, 1.82) is 0 Å². The maximum atomic E-state index is 12.5. The van der Waals surface area contributed by atoms with Crippen LogP contribution in [0.3, 0.4) is 0 Å². The van der Waals surface area contributed by atoms with Gasteiger partial charge in [-0.1, -0.05) is 60.7 Å². The molecule has 124 valence electrons. The third kappa shape index (κ3) is 3.56. The second-order valence-corrected chi connectivity index (χ2v) is 5.89. The highest BCUT2D eigenvalue weighted by molar-refractivity contribution is 5.74. The van der Waals surface area contributed by atoms with Crippen LogP contribution in [0.2, 0.25) is 0 Å². The standard InChI is InChI=1S/C19H19NO4/c21-18(22)16-11-17(15-9-5-2-6-10-15)20(12-16)19(23)24-13-14-7-3-1-4-8-14/h1-10,16-17H,11-13H2,(H,21,22)/t16-,17+/m0/s1. The molecule has 0 aromatic heterocycles. The Kier molecular flexibility index (Phi) is 4.79. The van der Waals surface area contributed by atoms with Crippen LogP contribution >= 0.6 is 0 Å². The Morgan fingerprint density at radius 2 is 1.67 bits per heavy atom. The highest BCUT2D eigenvalue weighted by Crippen LogP contribution is 2.36. The number of hydrogen-bond acceptors (Lipinski definition) is 3. The lowest BCUT2D eigenvalue weighted by Crippen LogP contribution is -2.32. The zero-order valence-electron chi connectivity index (χ0n) is 13.2. The fourth-order valence-corrected chi connectivity index (χ4v) is 3.01. The van der Waals surface area contributed by atoms with Gasteiger partial charge in [0.1, 0.15) is 6.61 Å². The number of likely N-dealkylation sites (tertiary alicyclic amines) is 1. The Labute approximate surface area is 140 Å². The van der Waals surface area contributed by atoms with E-state index in [1.165, 1.54) is 4.90 Å². The van der Waals surface area contributed by atoms with E-state index in [0.29, 0.717) is 6.42 Å². The summed E-state index contributed by atoms with van der Waals surface area (Å²) in [4.78, 5) is 25.4. The minimum Gasteiger partial charge on any atom is -0.481 e. The summed E-state index contributed by atoms with van der Waals surface area (Å²) < 4.78 is 5.39. The summed E-state index contributed by atoms with van der Waals surface area (Å²) in [5.74, 6) is -1.45. The third-order valence-corrected chi connectivity index (χ3v) is 4.27. The minimum atomic E-state index is -0.880. The molecule has 0 unspecified atom stereocenters. The molecule has 1 heterocycles. The van der Waals surface area contributed by atoms with E-state index in [0.717, 1.165) is 11.1 Å². The van der Waals surface area contributed by atoms with Gasteiger partial charge < -0.3 is 14.7 Å². The molecule has 0 bridgehead atoms. The Morgan fingerprint density at radius 1 is 1.04 bits per heavy atom. The first-order chi connectivity index (χ1) is 11.6. The first-order valence-electron chi connectivity index (χ1n) is 7.90. The molecule has 1 amide bonds.